The second-order valence-electron chi connectivity index (χ2n) is 1.25. The summed E-state index contributed by atoms with van der Waals surface area (Å²) >= 11 is 0. The van der Waals surface area contributed by atoms with E-state index < -0.39 is 10.0 Å². The fraction of sp³-hybridized carbons (Fsp3) is 0.333. The van der Waals surface area contributed by atoms with Gasteiger partial charge in [-0.25, -0.2) is 8.42 Å². The molecule has 4 nitrogen and oxygen atoms in total. The minimum atomic E-state index is -3.10. The van der Waals surface area contributed by atoms with Crippen molar-refractivity contribution in [2.45, 2.75) is 0 Å². The molecule has 0 aromatic rings. The summed E-state index contributed by atoms with van der Waals surface area (Å²) in [5.41, 5.74) is 4.83. The molecule has 0 radical (unpaired) electrons. The largest absolute Gasteiger partial charge is 0.403 e. The van der Waals surface area contributed by atoms with Crippen molar-refractivity contribution in [2.24, 2.45) is 5.73 Å². The lowest BCUT2D eigenvalue weighted by atomic mass is 11.0. The highest BCUT2D eigenvalue weighted by atomic mass is 32.2. The minimum absolute atomic E-state index is 1.05. The van der Waals surface area contributed by atoms with Crippen LogP contribution in [0.25, 0.3) is 0 Å². The molecule has 0 aliphatic heterocycles. The molecule has 3 N–H and O–H groups in total. The molecule has 48 valence electrons. The van der Waals surface area contributed by atoms with Gasteiger partial charge in [-0.05, 0) is 0 Å². The van der Waals surface area contributed by atoms with E-state index in [0.717, 1.165) is 18.7 Å². The Labute approximate surface area is 48.4 Å². The molecule has 0 aromatic carbocycles. The molecule has 0 heterocycles. The zero-order valence-electron chi connectivity index (χ0n) is 4.46. The number of sulfonamides is 1. The summed E-state index contributed by atoms with van der Waals surface area (Å²) in [5, 5.41) is 0. The molecule has 0 aromatic heterocycles. The Kier molecular flexibility index (Phi) is 2.33. The minimum Gasteiger partial charge on any atom is -0.403 e. The van der Waals surface area contributed by atoms with Crippen molar-refractivity contribution < 1.29 is 8.42 Å². The summed E-state index contributed by atoms with van der Waals surface area (Å²) in [7, 11) is -3.10. The van der Waals surface area contributed by atoms with Crippen molar-refractivity contribution >= 4 is 10.0 Å². The van der Waals surface area contributed by atoms with E-state index in [1.54, 1.807) is 0 Å². The van der Waals surface area contributed by atoms with E-state index in [1.165, 1.54) is 0 Å². The maximum Gasteiger partial charge on any atom is 0.229 e. The summed E-state index contributed by atoms with van der Waals surface area (Å²) < 4.78 is 22.4. The molecule has 0 bridgehead atoms. The average molecular weight is 136 g/mol. The number of hydrogen-bond acceptors (Lipinski definition) is 3. The standard InChI is InChI=1S/C3H8N2O2S/c1-8(6,7)5-3-2-4/h2-3,5H,4H2,1H3. The number of rotatable bonds is 2. The zero-order valence-corrected chi connectivity index (χ0v) is 5.27. The average Bonchev–Trinajstić information content (AvgIpc) is 1.59. The van der Waals surface area contributed by atoms with E-state index in [4.69, 9.17) is 5.73 Å². The molecule has 0 aliphatic carbocycles. The first-order valence-corrected chi connectivity index (χ1v) is 3.79. The van der Waals surface area contributed by atoms with Gasteiger partial charge < -0.3 is 5.73 Å². The van der Waals surface area contributed by atoms with Crippen LogP contribution in [0.15, 0.2) is 12.4 Å². The summed E-state index contributed by atoms with van der Waals surface area (Å²) in [5.74, 6) is 0. The van der Waals surface area contributed by atoms with Crippen LogP contribution in [-0.4, -0.2) is 14.7 Å². The summed E-state index contributed by atoms with van der Waals surface area (Å²) in [6, 6.07) is 0. The second-order valence-corrected chi connectivity index (χ2v) is 3.03. The molecule has 0 rings (SSSR count). The van der Waals surface area contributed by atoms with Crippen LogP contribution in [0.1, 0.15) is 0 Å². The summed E-state index contributed by atoms with van der Waals surface area (Å²) in [6.45, 7) is 0. The van der Waals surface area contributed by atoms with Crippen LogP contribution in [-0.2, 0) is 10.0 Å². The van der Waals surface area contributed by atoms with Crippen molar-refractivity contribution in [2.75, 3.05) is 6.26 Å². The molecule has 0 saturated carbocycles. The van der Waals surface area contributed by atoms with Crippen molar-refractivity contribution in [3.63, 3.8) is 0 Å². The first kappa shape index (κ1) is 7.29. The van der Waals surface area contributed by atoms with Crippen LogP contribution in [0.3, 0.4) is 0 Å². The third kappa shape index (κ3) is 5.29. The van der Waals surface area contributed by atoms with Gasteiger partial charge in [0.15, 0.2) is 0 Å². The molecule has 0 unspecified atom stereocenters. The smallest absolute Gasteiger partial charge is 0.229 e. The lowest BCUT2D eigenvalue weighted by Gasteiger charge is -1.90. The zero-order chi connectivity index (χ0) is 6.62. The first-order chi connectivity index (χ1) is 3.56. The van der Waals surface area contributed by atoms with E-state index in [9.17, 15) is 8.42 Å². The van der Waals surface area contributed by atoms with Crippen molar-refractivity contribution in [1.29, 1.82) is 0 Å². The Morgan fingerprint density at radius 3 is 2.25 bits per heavy atom. The predicted octanol–water partition coefficient (Wildman–Crippen LogP) is -1.03. The van der Waals surface area contributed by atoms with Crippen molar-refractivity contribution in [3.8, 4) is 0 Å². The topological polar surface area (TPSA) is 72.2 Å². The van der Waals surface area contributed by atoms with Crippen LogP contribution >= 0.6 is 0 Å². The van der Waals surface area contributed by atoms with E-state index in [-0.39, 0.29) is 0 Å². The van der Waals surface area contributed by atoms with Gasteiger partial charge in [-0.1, -0.05) is 0 Å². The van der Waals surface area contributed by atoms with Gasteiger partial charge in [0.05, 0.1) is 6.26 Å². The van der Waals surface area contributed by atoms with E-state index >= 15 is 0 Å². The molecule has 0 spiro atoms. The predicted molar refractivity (Wildman–Crippen MR) is 31.3 cm³/mol. The highest BCUT2D eigenvalue weighted by Crippen LogP contribution is 1.69. The van der Waals surface area contributed by atoms with Crippen LogP contribution in [0, 0.1) is 0 Å². The van der Waals surface area contributed by atoms with Crippen molar-refractivity contribution in [1.82, 2.24) is 4.72 Å². The first-order valence-electron chi connectivity index (χ1n) is 1.90. The quantitative estimate of drug-likeness (QED) is 0.509. The van der Waals surface area contributed by atoms with Gasteiger partial charge in [-0.3, -0.25) is 4.72 Å². The normalized spacial score (nSPS) is 12.1. The van der Waals surface area contributed by atoms with E-state index in [1.807, 2.05) is 4.72 Å². The molecular formula is C3H8N2O2S. The fourth-order valence-corrected chi connectivity index (χ4v) is 0.489. The summed E-state index contributed by atoms with van der Waals surface area (Å²) in [6.07, 6.45) is 3.31. The molecular weight excluding hydrogens is 128 g/mol. The van der Waals surface area contributed by atoms with Crippen LogP contribution in [0.5, 0.6) is 0 Å². The van der Waals surface area contributed by atoms with Gasteiger partial charge in [0, 0.05) is 12.4 Å². The number of nitrogens with one attached hydrogen (secondary N) is 1. The maximum atomic E-state index is 10.2. The SMILES string of the molecule is CS(=O)(=O)NC=CN. The Hall–Kier alpha value is -0.710. The fourth-order valence-electron chi connectivity index (χ4n) is 0.163. The summed E-state index contributed by atoms with van der Waals surface area (Å²) in [4.78, 5) is 0. The lowest BCUT2D eigenvalue weighted by molar-refractivity contribution is 0.596. The van der Waals surface area contributed by atoms with Gasteiger partial charge in [0.25, 0.3) is 0 Å². The van der Waals surface area contributed by atoms with Gasteiger partial charge >= 0.3 is 0 Å². The Balaban J connectivity index is 3.76. The maximum absolute atomic E-state index is 10.2. The molecule has 0 amide bonds. The third-order valence-electron chi connectivity index (χ3n) is 0.378. The highest BCUT2D eigenvalue weighted by molar-refractivity contribution is 7.88. The third-order valence-corrected chi connectivity index (χ3v) is 0.943. The van der Waals surface area contributed by atoms with Crippen LogP contribution in [0.4, 0.5) is 0 Å². The molecule has 0 atom stereocenters. The number of hydrogen-bond donors (Lipinski definition) is 2. The molecule has 0 aliphatic rings. The van der Waals surface area contributed by atoms with Crippen molar-refractivity contribution in [3.05, 3.63) is 12.4 Å². The molecule has 8 heavy (non-hydrogen) atoms. The van der Waals surface area contributed by atoms with Crippen LogP contribution < -0.4 is 10.5 Å². The Morgan fingerprint density at radius 2 is 2.12 bits per heavy atom. The molecule has 0 fully saturated rings. The van der Waals surface area contributed by atoms with Gasteiger partial charge in [-0.2, -0.15) is 0 Å². The lowest BCUT2D eigenvalue weighted by Crippen LogP contribution is -2.15. The van der Waals surface area contributed by atoms with Gasteiger partial charge in [0.1, 0.15) is 0 Å². The Morgan fingerprint density at radius 1 is 1.62 bits per heavy atom. The van der Waals surface area contributed by atoms with Crippen LogP contribution in [0.2, 0.25) is 0 Å². The van der Waals surface area contributed by atoms with E-state index in [2.05, 4.69) is 0 Å². The molecule has 5 heteroatoms. The monoisotopic (exact) mass is 136 g/mol. The molecule has 0 saturated heterocycles. The van der Waals surface area contributed by atoms with Gasteiger partial charge in [-0.15, -0.1) is 0 Å². The highest BCUT2D eigenvalue weighted by Gasteiger charge is 1.90. The number of nitrogens with two attached hydrogens (primary N) is 1. The second kappa shape index (κ2) is 2.56. The Bertz CT molecular complexity index is 170. The van der Waals surface area contributed by atoms with E-state index in [0.29, 0.717) is 0 Å². The van der Waals surface area contributed by atoms with Gasteiger partial charge in [0.2, 0.25) is 10.0 Å².